The largest absolute Gasteiger partial charge is 0.314 e. The Kier molecular flexibility index (Phi) is 4.41. The van der Waals surface area contributed by atoms with Crippen molar-refractivity contribution < 1.29 is 0 Å². The summed E-state index contributed by atoms with van der Waals surface area (Å²) in [5.74, 6) is 1.16. The van der Waals surface area contributed by atoms with Gasteiger partial charge in [-0.1, -0.05) is 29.5 Å². The SMILES string of the molecule is Cc1nnc(SCCC2CCCCN2)s1. The minimum absolute atomic E-state index is 0.736. The minimum atomic E-state index is 0.736. The molecule has 1 aromatic rings. The van der Waals surface area contributed by atoms with Crippen LogP contribution in [0.5, 0.6) is 0 Å². The molecule has 1 aliphatic rings. The van der Waals surface area contributed by atoms with Gasteiger partial charge in [-0.05, 0) is 32.7 Å². The lowest BCUT2D eigenvalue weighted by molar-refractivity contribution is 0.395. The molecule has 0 bridgehead atoms. The number of nitrogens with zero attached hydrogens (tertiary/aromatic N) is 2. The fraction of sp³-hybridized carbons (Fsp3) is 0.800. The van der Waals surface area contributed by atoms with E-state index in [9.17, 15) is 0 Å². The van der Waals surface area contributed by atoms with Crippen LogP contribution >= 0.6 is 23.1 Å². The molecule has 1 aromatic heterocycles. The van der Waals surface area contributed by atoms with Gasteiger partial charge in [-0.25, -0.2) is 0 Å². The van der Waals surface area contributed by atoms with Crippen molar-refractivity contribution >= 4 is 23.1 Å². The lowest BCUT2D eigenvalue weighted by Gasteiger charge is -2.22. The summed E-state index contributed by atoms with van der Waals surface area (Å²) in [5.41, 5.74) is 0. The lowest BCUT2D eigenvalue weighted by Crippen LogP contribution is -2.34. The van der Waals surface area contributed by atoms with Gasteiger partial charge < -0.3 is 5.32 Å². The molecule has 0 amide bonds. The maximum atomic E-state index is 4.11. The van der Waals surface area contributed by atoms with Crippen molar-refractivity contribution in [2.24, 2.45) is 0 Å². The molecule has 0 saturated carbocycles. The average molecular weight is 243 g/mol. The maximum absolute atomic E-state index is 4.11. The first-order valence-electron chi connectivity index (χ1n) is 5.51. The molecule has 1 fully saturated rings. The summed E-state index contributed by atoms with van der Waals surface area (Å²) in [5, 5.41) is 12.8. The van der Waals surface area contributed by atoms with E-state index in [1.54, 1.807) is 11.3 Å². The molecule has 0 aromatic carbocycles. The van der Waals surface area contributed by atoms with Crippen molar-refractivity contribution in [3.05, 3.63) is 5.01 Å². The second-order valence-electron chi connectivity index (χ2n) is 3.87. The van der Waals surface area contributed by atoms with Gasteiger partial charge in [0.25, 0.3) is 0 Å². The maximum Gasteiger partial charge on any atom is 0.174 e. The topological polar surface area (TPSA) is 37.8 Å². The van der Waals surface area contributed by atoms with Gasteiger partial charge in [0.05, 0.1) is 0 Å². The Balaban J connectivity index is 1.65. The zero-order chi connectivity index (χ0) is 10.5. The normalized spacial score (nSPS) is 21.8. The van der Waals surface area contributed by atoms with Crippen LogP contribution in [0.3, 0.4) is 0 Å². The van der Waals surface area contributed by atoms with Crippen LogP contribution in [0.4, 0.5) is 0 Å². The number of aromatic nitrogens is 2. The van der Waals surface area contributed by atoms with Crippen LogP contribution in [0.15, 0.2) is 4.34 Å². The molecular weight excluding hydrogens is 226 g/mol. The summed E-state index contributed by atoms with van der Waals surface area (Å²) in [7, 11) is 0. The monoisotopic (exact) mass is 243 g/mol. The number of aryl methyl sites for hydroxylation is 1. The van der Waals surface area contributed by atoms with Gasteiger partial charge in [-0.3, -0.25) is 0 Å². The van der Waals surface area contributed by atoms with Crippen LogP contribution in [-0.2, 0) is 0 Å². The summed E-state index contributed by atoms with van der Waals surface area (Å²) >= 11 is 3.53. The van der Waals surface area contributed by atoms with Gasteiger partial charge in [-0.15, -0.1) is 10.2 Å². The number of piperidine rings is 1. The van der Waals surface area contributed by atoms with E-state index in [2.05, 4.69) is 15.5 Å². The summed E-state index contributed by atoms with van der Waals surface area (Å²) in [4.78, 5) is 0. The highest BCUT2D eigenvalue weighted by atomic mass is 32.2. The Bertz CT molecular complexity index is 295. The highest BCUT2D eigenvalue weighted by Gasteiger charge is 2.12. The first kappa shape index (κ1) is 11.4. The first-order chi connectivity index (χ1) is 7.34. The van der Waals surface area contributed by atoms with Crippen molar-refractivity contribution in [3.63, 3.8) is 0 Å². The van der Waals surface area contributed by atoms with Crippen molar-refractivity contribution in [1.29, 1.82) is 0 Å². The molecule has 0 radical (unpaired) electrons. The molecule has 1 atom stereocenters. The van der Waals surface area contributed by atoms with Crippen LogP contribution in [0.2, 0.25) is 0 Å². The van der Waals surface area contributed by atoms with Crippen molar-refractivity contribution in [2.75, 3.05) is 12.3 Å². The number of hydrogen-bond donors (Lipinski definition) is 1. The molecule has 2 heterocycles. The zero-order valence-corrected chi connectivity index (χ0v) is 10.7. The van der Waals surface area contributed by atoms with Gasteiger partial charge in [0, 0.05) is 11.8 Å². The van der Waals surface area contributed by atoms with E-state index in [1.807, 2.05) is 18.7 Å². The Morgan fingerprint density at radius 1 is 1.47 bits per heavy atom. The van der Waals surface area contributed by atoms with E-state index in [1.165, 1.54) is 32.2 Å². The smallest absolute Gasteiger partial charge is 0.174 e. The summed E-state index contributed by atoms with van der Waals surface area (Å²) < 4.78 is 1.11. The van der Waals surface area contributed by atoms with Crippen LogP contribution in [0.1, 0.15) is 30.7 Å². The summed E-state index contributed by atoms with van der Waals surface area (Å²) in [6, 6.07) is 0.736. The highest BCUT2D eigenvalue weighted by molar-refractivity contribution is 8.01. The molecule has 1 aliphatic heterocycles. The van der Waals surface area contributed by atoms with E-state index >= 15 is 0 Å². The molecule has 15 heavy (non-hydrogen) atoms. The lowest BCUT2D eigenvalue weighted by atomic mass is 10.0. The Morgan fingerprint density at radius 3 is 3.07 bits per heavy atom. The fourth-order valence-electron chi connectivity index (χ4n) is 1.80. The summed E-state index contributed by atoms with van der Waals surface area (Å²) in [6.45, 7) is 3.21. The van der Waals surface area contributed by atoms with E-state index in [4.69, 9.17) is 0 Å². The van der Waals surface area contributed by atoms with Crippen LogP contribution in [0.25, 0.3) is 0 Å². The summed E-state index contributed by atoms with van der Waals surface area (Å²) in [6.07, 6.45) is 5.33. The molecule has 0 spiro atoms. The van der Waals surface area contributed by atoms with Gasteiger partial charge in [0.2, 0.25) is 0 Å². The highest BCUT2D eigenvalue weighted by Crippen LogP contribution is 2.23. The van der Waals surface area contributed by atoms with Gasteiger partial charge >= 0.3 is 0 Å². The third-order valence-corrected chi connectivity index (χ3v) is 4.62. The van der Waals surface area contributed by atoms with E-state index in [0.29, 0.717) is 0 Å². The quantitative estimate of drug-likeness (QED) is 0.824. The molecule has 5 heteroatoms. The van der Waals surface area contributed by atoms with E-state index in [0.717, 1.165) is 21.1 Å². The van der Waals surface area contributed by atoms with Crippen molar-refractivity contribution in [3.8, 4) is 0 Å². The molecule has 84 valence electrons. The molecular formula is C10H17N3S2. The van der Waals surface area contributed by atoms with Crippen LogP contribution in [-0.4, -0.2) is 28.5 Å². The average Bonchev–Trinajstić information content (AvgIpc) is 2.66. The van der Waals surface area contributed by atoms with Crippen LogP contribution < -0.4 is 5.32 Å². The Labute approximate surface area is 99.1 Å². The van der Waals surface area contributed by atoms with E-state index in [-0.39, 0.29) is 0 Å². The molecule has 2 rings (SSSR count). The van der Waals surface area contributed by atoms with E-state index < -0.39 is 0 Å². The van der Waals surface area contributed by atoms with Crippen molar-refractivity contribution in [1.82, 2.24) is 15.5 Å². The van der Waals surface area contributed by atoms with Crippen molar-refractivity contribution in [2.45, 2.75) is 43.0 Å². The number of nitrogens with one attached hydrogen (secondary N) is 1. The first-order valence-corrected chi connectivity index (χ1v) is 7.31. The second kappa shape index (κ2) is 5.82. The molecule has 1 saturated heterocycles. The molecule has 1 N–H and O–H groups in total. The van der Waals surface area contributed by atoms with Gasteiger partial charge in [-0.2, -0.15) is 0 Å². The number of thioether (sulfide) groups is 1. The molecule has 3 nitrogen and oxygen atoms in total. The number of rotatable bonds is 4. The third kappa shape index (κ3) is 3.74. The predicted octanol–water partition coefficient (Wildman–Crippen LogP) is 2.47. The Hall–Kier alpha value is -0.130. The second-order valence-corrected chi connectivity index (χ2v) is 6.39. The van der Waals surface area contributed by atoms with Gasteiger partial charge in [0.15, 0.2) is 4.34 Å². The predicted molar refractivity (Wildman–Crippen MR) is 65.6 cm³/mol. The molecule has 1 unspecified atom stereocenters. The number of hydrogen-bond acceptors (Lipinski definition) is 5. The zero-order valence-electron chi connectivity index (χ0n) is 9.03. The third-order valence-electron chi connectivity index (χ3n) is 2.61. The van der Waals surface area contributed by atoms with Gasteiger partial charge in [0.1, 0.15) is 5.01 Å². The fourth-order valence-corrected chi connectivity index (χ4v) is 3.73. The Morgan fingerprint density at radius 2 is 2.40 bits per heavy atom. The molecule has 0 aliphatic carbocycles. The minimum Gasteiger partial charge on any atom is -0.314 e. The standard InChI is InChI=1S/C10H17N3S2/c1-8-12-13-10(15-8)14-7-5-9-4-2-3-6-11-9/h9,11H,2-7H2,1H3. The van der Waals surface area contributed by atoms with Crippen LogP contribution in [0, 0.1) is 6.92 Å².